The molecule has 1 aromatic carbocycles. The molecule has 1 fully saturated rings. The molecule has 2 N–H and O–H groups in total. The van der Waals surface area contributed by atoms with Crippen LogP contribution in [-0.4, -0.2) is 54.7 Å². The van der Waals surface area contributed by atoms with E-state index < -0.39 is 0 Å². The Labute approximate surface area is 128 Å². The van der Waals surface area contributed by atoms with Gasteiger partial charge in [-0.25, -0.2) is 4.79 Å². The number of urea groups is 1. The van der Waals surface area contributed by atoms with Gasteiger partial charge in [-0.05, 0) is 24.6 Å². The Bertz CT molecular complexity index is 524. The lowest BCUT2D eigenvalue weighted by Crippen LogP contribution is -2.40. The predicted octanol–water partition coefficient (Wildman–Crippen LogP) is 1.08. The van der Waals surface area contributed by atoms with Crippen molar-refractivity contribution < 1.29 is 14.7 Å². The molecule has 1 aliphatic rings. The Kier molecular flexibility index (Phi) is 5.41. The van der Waals surface area contributed by atoms with E-state index in [1.165, 1.54) is 4.90 Å². The van der Waals surface area contributed by atoms with E-state index in [9.17, 15) is 9.59 Å². The molecule has 1 aliphatic heterocycles. The van der Waals surface area contributed by atoms with Gasteiger partial charge in [0.15, 0.2) is 0 Å². The highest BCUT2D eigenvalue weighted by molar-refractivity contribution is 6.30. The Morgan fingerprint density at radius 3 is 2.90 bits per heavy atom. The number of carbonyl (C=O) groups is 2. The first kappa shape index (κ1) is 15.6. The van der Waals surface area contributed by atoms with E-state index in [1.807, 2.05) is 6.07 Å². The van der Waals surface area contributed by atoms with E-state index in [0.29, 0.717) is 31.1 Å². The van der Waals surface area contributed by atoms with E-state index in [2.05, 4.69) is 5.32 Å². The number of rotatable bonds is 6. The topological polar surface area (TPSA) is 72.9 Å². The largest absolute Gasteiger partial charge is 0.396 e. The SMILES string of the molecule is O=C(CN1CCN(c2cccc(Cl)c2)C1=O)NCCCO. The van der Waals surface area contributed by atoms with E-state index in [-0.39, 0.29) is 25.1 Å². The molecule has 1 heterocycles. The summed E-state index contributed by atoms with van der Waals surface area (Å²) in [6, 6.07) is 6.88. The van der Waals surface area contributed by atoms with Crippen LogP contribution in [0.15, 0.2) is 24.3 Å². The molecule has 0 radical (unpaired) electrons. The van der Waals surface area contributed by atoms with Crippen molar-refractivity contribution in [3.05, 3.63) is 29.3 Å². The van der Waals surface area contributed by atoms with Crippen molar-refractivity contribution in [2.24, 2.45) is 0 Å². The third kappa shape index (κ3) is 4.09. The number of aliphatic hydroxyl groups excluding tert-OH is 1. The number of halogens is 1. The van der Waals surface area contributed by atoms with Crippen LogP contribution in [0.4, 0.5) is 10.5 Å². The van der Waals surface area contributed by atoms with Crippen molar-refractivity contribution in [3.8, 4) is 0 Å². The Morgan fingerprint density at radius 1 is 1.38 bits per heavy atom. The quantitative estimate of drug-likeness (QED) is 0.772. The molecule has 0 atom stereocenters. The lowest BCUT2D eigenvalue weighted by atomic mass is 10.3. The van der Waals surface area contributed by atoms with Crippen molar-refractivity contribution in [1.82, 2.24) is 10.2 Å². The average molecular weight is 312 g/mol. The number of nitrogens with one attached hydrogen (secondary N) is 1. The minimum atomic E-state index is -0.218. The van der Waals surface area contributed by atoms with E-state index >= 15 is 0 Å². The lowest BCUT2D eigenvalue weighted by molar-refractivity contribution is -0.121. The summed E-state index contributed by atoms with van der Waals surface area (Å²) < 4.78 is 0. The average Bonchev–Trinajstić information content (AvgIpc) is 2.80. The Morgan fingerprint density at radius 2 is 2.19 bits per heavy atom. The minimum Gasteiger partial charge on any atom is -0.396 e. The summed E-state index contributed by atoms with van der Waals surface area (Å²) >= 11 is 5.93. The smallest absolute Gasteiger partial charge is 0.325 e. The van der Waals surface area contributed by atoms with Gasteiger partial charge in [0.05, 0.1) is 0 Å². The fourth-order valence-electron chi connectivity index (χ4n) is 2.15. The third-order valence-electron chi connectivity index (χ3n) is 3.21. The second-order valence-electron chi connectivity index (χ2n) is 4.76. The van der Waals surface area contributed by atoms with E-state index in [0.717, 1.165) is 5.69 Å². The predicted molar refractivity (Wildman–Crippen MR) is 80.5 cm³/mol. The number of hydrogen-bond acceptors (Lipinski definition) is 3. The molecule has 21 heavy (non-hydrogen) atoms. The van der Waals surface area contributed by atoms with Gasteiger partial charge in [0.2, 0.25) is 5.91 Å². The fourth-order valence-corrected chi connectivity index (χ4v) is 2.33. The van der Waals surface area contributed by atoms with Crippen LogP contribution >= 0.6 is 11.6 Å². The maximum atomic E-state index is 12.3. The molecule has 2 rings (SSSR count). The van der Waals surface area contributed by atoms with Crippen LogP contribution in [0.2, 0.25) is 5.02 Å². The zero-order valence-electron chi connectivity index (χ0n) is 11.6. The first-order valence-electron chi connectivity index (χ1n) is 6.81. The van der Waals surface area contributed by atoms with Crippen LogP contribution in [0.3, 0.4) is 0 Å². The zero-order valence-corrected chi connectivity index (χ0v) is 12.3. The summed E-state index contributed by atoms with van der Waals surface area (Å²) in [7, 11) is 0. The summed E-state index contributed by atoms with van der Waals surface area (Å²) in [6.45, 7) is 1.50. The Hall–Kier alpha value is -1.79. The fraction of sp³-hybridized carbons (Fsp3) is 0.429. The monoisotopic (exact) mass is 311 g/mol. The van der Waals surface area contributed by atoms with Crippen molar-refractivity contribution >= 4 is 29.2 Å². The summed E-state index contributed by atoms with van der Waals surface area (Å²) in [5.74, 6) is -0.218. The number of amides is 3. The molecular formula is C14H18ClN3O3. The van der Waals surface area contributed by atoms with Crippen molar-refractivity contribution in [2.45, 2.75) is 6.42 Å². The summed E-state index contributed by atoms with van der Waals surface area (Å²) in [4.78, 5) is 27.1. The maximum absolute atomic E-state index is 12.3. The molecule has 114 valence electrons. The van der Waals surface area contributed by atoms with Crippen molar-refractivity contribution in [1.29, 1.82) is 0 Å². The maximum Gasteiger partial charge on any atom is 0.325 e. The molecular weight excluding hydrogens is 294 g/mol. The Balaban J connectivity index is 1.91. The first-order chi connectivity index (χ1) is 10.1. The standard InChI is InChI=1S/C14H18ClN3O3/c15-11-3-1-4-12(9-11)18-7-6-17(14(18)21)10-13(20)16-5-2-8-19/h1,3-4,9,19H,2,5-8,10H2,(H,16,20). The van der Waals surface area contributed by atoms with Gasteiger partial charge in [0.1, 0.15) is 6.54 Å². The third-order valence-corrected chi connectivity index (χ3v) is 3.44. The molecule has 1 aromatic rings. The van der Waals surface area contributed by atoms with Gasteiger partial charge in [-0.2, -0.15) is 0 Å². The first-order valence-corrected chi connectivity index (χ1v) is 7.19. The van der Waals surface area contributed by atoms with Crippen molar-refractivity contribution in [3.63, 3.8) is 0 Å². The summed E-state index contributed by atoms with van der Waals surface area (Å²) in [5, 5.41) is 11.9. The van der Waals surface area contributed by atoms with Gasteiger partial charge in [0, 0.05) is 37.0 Å². The molecule has 0 bridgehead atoms. The van der Waals surface area contributed by atoms with Gasteiger partial charge < -0.3 is 15.3 Å². The van der Waals surface area contributed by atoms with E-state index in [4.69, 9.17) is 16.7 Å². The molecule has 0 unspecified atom stereocenters. The zero-order chi connectivity index (χ0) is 15.2. The molecule has 0 aromatic heterocycles. The summed E-state index contributed by atoms with van der Waals surface area (Å²) in [5.41, 5.74) is 0.732. The number of benzene rings is 1. The van der Waals surface area contributed by atoms with E-state index in [1.54, 1.807) is 23.1 Å². The van der Waals surface area contributed by atoms with Crippen molar-refractivity contribution in [2.75, 3.05) is 37.7 Å². The number of aliphatic hydroxyl groups is 1. The highest BCUT2D eigenvalue weighted by Gasteiger charge is 2.30. The van der Waals surface area contributed by atoms with Gasteiger partial charge in [-0.15, -0.1) is 0 Å². The second kappa shape index (κ2) is 7.28. The van der Waals surface area contributed by atoms with Gasteiger partial charge in [0.25, 0.3) is 0 Å². The highest BCUT2D eigenvalue weighted by Crippen LogP contribution is 2.23. The minimum absolute atomic E-state index is 0.0291. The highest BCUT2D eigenvalue weighted by atomic mass is 35.5. The molecule has 1 saturated heterocycles. The van der Waals surface area contributed by atoms with Crippen LogP contribution in [-0.2, 0) is 4.79 Å². The molecule has 3 amide bonds. The molecule has 6 nitrogen and oxygen atoms in total. The lowest BCUT2D eigenvalue weighted by Gasteiger charge is -2.18. The van der Waals surface area contributed by atoms with Gasteiger partial charge >= 0.3 is 6.03 Å². The number of anilines is 1. The molecule has 0 spiro atoms. The molecule has 0 aliphatic carbocycles. The van der Waals surface area contributed by atoms with Crippen LogP contribution in [0.1, 0.15) is 6.42 Å². The van der Waals surface area contributed by atoms with Gasteiger partial charge in [-0.1, -0.05) is 17.7 Å². The van der Waals surface area contributed by atoms with Crippen LogP contribution in [0.25, 0.3) is 0 Å². The summed E-state index contributed by atoms with van der Waals surface area (Å²) in [6.07, 6.45) is 0.508. The number of hydrogen-bond donors (Lipinski definition) is 2. The van der Waals surface area contributed by atoms with Crippen LogP contribution in [0.5, 0.6) is 0 Å². The second-order valence-corrected chi connectivity index (χ2v) is 5.20. The molecule has 0 saturated carbocycles. The molecule has 7 heteroatoms. The number of carbonyl (C=O) groups excluding carboxylic acids is 2. The number of nitrogens with zero attached hydrogens (tertiary/aromatic N) is 2. The van der Waals surface area contributed by atoms with Crippen LogP contribution < -0.4 is 10.2 Å². The van der Waals surface area contributed by atoms with Gasteiger partial charge in [-0.3, -0.25) is 9.69 Å². The van der Waals surface area contributed by atoms with Crippen LogP contribution in [0, 0.1) is 0 Å². The normalized spacial score (nSPS) is 14.7.